The number of benzene rings is 1. The summed E-state index contributed by atoms with van der Waals surface area (Å²) < 4.78 is 78.0. The number of rotatable bonds is 4. The number of hydrogen-bond donors (Lipinski definition) is 0. The van der Waals surface area contributed by atoms with Crippen molar-refractivity contribution in [2.75, 3.05) is 0 Å². The fourth-order valence-electron chi connectivity index (χ4n) is 1.19. The molecule has 1 aromatic rings. The van der Waals surface area contributed by atoms with Crippen LogP contribution in [0.2, 0.25) is 0 Å². The lowest BCUT2D eigenvalue weighted by atomic mass is 10.2. The first-order chi connectivity index (χ1) is 8.58. The Labute approximate surface area is 108 Å². The Hall–Kier alpha value is -1.31. The molecule has 1 rings (SSSR count). The van der Waals surface area contributed by atoms with E-state index in [4.69, 9.17) is 0 Å². The molecule has 0 heterocycles. The lowest BCUT2D eigenvalue weighted by molar-refractivity contribution is -0.140. The van der Waals surface area contributed by atoms with Crippen LogP contribution in [0, 0.1) is 5.82 Å². The highest BCUT2D eigenvalue weighted by Gasteiger charge is 2.35. The summed E-state index contributed by atoms with van der Waals surface area (Å²) in [5.41, 5.74) is -1.57. The molecule has 19 heavy (non-hydrogen) atoms. The molecule has 0 bridgehead atoms. The Morgan fingerprint density at radius 1 is 1.32 bits per heavy atom. The van der Waals surface area contributed by atoms with Crippen molar-refractivity contribution >= 4 is 10.1 Å². The molecule has 0 aliphatic heterocycles. The molecule has 1 atom stereocenters. The smallest absolute Gasteiger partial charge is 0.382 e. The van der Waals surface area contributed by atoms with Gasteiger partial charge < -0.3 is 4.18 Å². The van der Waals surface area contributed by atoms with E-state index in [9.17, 15) is 26.0 Å². The van der Waals surface area contributed by atoms with E-state index in [0.717, 1.165) is 6.07 Å². The van der Waals surface area contributed by atoms with Gasteiger partial charge in [0, 0.05) is 0 Å². The highest BCUT2D eigenvalue weighted by molar-refractivity contribution is 7.87. The molecule has 108 valence electrons. The van der Waals surface area contributed by atoms with Gasteiger partial charge in [-0.05, 0) is 31.5 Å². The van der Waals surface area contributed by atoms with Gasteiger partial charge in [-0.25, -0.2) is 4.39 Å². The minimum absolute atomic E-state index is 0.246. The second kappa shape index (κ2) is 5.36. The maximum Gasteiger partial charge on any atom is 0.419 e. The molecular formula is C11H12F4O3S. The van der Waals surface area contributed by atoms with Crippen LogP contribution in [0.15, 0.2) is 18.2 Å². The van der Waals surface area contributed by atoms with Crippen LogP contribution in [0.25, 0.3) is 0 Å². The first kappa shape index (κ1) is 15.7. The Morgan fingerprint density at radius 2 is 1.89 bits per heavy atom. The van der Waals surface area contributed by atoms with E-state index in [2.05, 4.69) is 4.18 Å². The van der Waals surface area contributed by atoms with E-state index in [1.165, 1.54) is 6.92 Å². The van der Waals surface area contributed by atoms with Gasteiger partial charge in [0.25, 0.3) is 0 Å². The van der Waals surface area contributed by atoms with Crippen molar-refractivity contribution in [1.29, 1.82) is 0 Å². The lowest BCUT2D eigenvalue weighted by Crippen LogP contribution is -2.22. The summed E-state index contributed by atoms with van der Waals surface area (Å²) in [5.74, 6) is -2.05. The van der Waals surface area contributed by atoms with Crippen molar-refractivity contribution in [3.63, 3.8) is 0 Å². The van der Waals surface area contributed by atoms with Crippen molar-refractivity contribution in [1.82, 2.24) is 0 Å². The molecule has 0 aromatic heterocycles. The first-order valence-electron chi connectivity index (χ1n) is 5.38. The lowest BCUT2D eigenvalue weighted by Gasteiger charge is -2.13. The number of alkyl halides is 3. The molecule has 0 radical (unpaired) electrons. The molecule has 0 amide bonds. The maximum atomic E-state index is 13.0. The average Bonchev–Trinajstić information content (AvgIpc) is 2.28. The van der Waals surface area contributed by atoms with Crippen molar-refractivity contribution in [3.8, 4) is 5.75 Å². The second-order valence-electron chi connectivity index (χ2n) is 3.93. The van der Waals surface area contributed by atoms with Gasteiger partial charge in [-0.2, -0.15) is 21.6 Å². The summed E-state index contributed by atoms with van der Waals surface area (Å²) in [4.78, 5) is 0. The van der Waals surface area contributed by atoms with Crippen molar-refractivity contribution in [2.45, 2.75) is 31.7 Å². The summed E-state index contributed by atoms with van der Waals surface area (Å²) in [6.45, 7) is 2.96. The molecule has 3 nitrogen and oxygen atoms in total. The van der Waals surface area contributed by atoms with Crippen LogP contribution in [0.4, 0.5) is 17.6 Å². The van der Waals surface area contributed by atoms with E-state index in [1.807, 2.05) is 0 Å². The third-order valence-corrected chi connectivity index (χ3v) is 4.27. The normalized spacial score (nSPS) is 14.2. The van der Waals surface area contributed by atoms with Crippen LogP contribution < -0.4 is 4.18 Å². The van der Waals surface area contributed by atoms with Crippen molar-refractivity contribution in [3.05, 3.63) is 29.6 Å². The molecule has 0 saturated heterocycles. The van der Waals surface area contributed by atoms with Gasteiger partial charge in [0.15, 0.2) is 0 Å². The Bertz CT molecular complexity index is 552. The fraction of sp³-hybridized carbons (Fsp3) is 0.455. The van der Waals surface area contributed by atoms with E-state index in [-0.39, 0.29) is 6.42 Å². The minimum Gasteiger partial charge on any atom is -0.382 e. The van der Waals surface area contributed by atoms with Gasteiger partial charge >= 0.3 is 16.3 Å². The fourth-order valence-corrected chi connectivity index (χ4v) is 2.14. The minimum atomic E-state index is -4.91. The van der Waals surface area contributed by atoms with Crippen molar-refractivity contribution in [2.24, 2.45) is 0 Å². The molecule has 8 heteroatoms. The average molecular weight is 300 g/mol. The van der Waals surface area contributed by atoms with Crippen molar-refractivity contribution < 1.29 is 30.2 Å². The third kappa shape index (κ3) is 3.82. The van der Waals surface area contributed by atoms with Gasteiger partial charge in [-0.1, -0.05) is 6.92 Å². The number of halogens is 4. The molecule has 1 unspecified atom stereocenters. The van der Waals surface area contributed by atoms with E-state index >= 15 is 0 Å². The van der Waals surface area contributed by atoms with Crippen LogP contribution in [0.1, 0.15) is 25.8 Å². The van der Waals surface area contributed by atoms with Crippen LogP contribution in [0.5, 0.6) is 5.75 Å². The van der Waals surface area contributed by atoms with Gasteiger partial charge in [0.05, 0.1) is 10.8 Å². The first-order valence-corrected chi connectivity index (χ1v) is 6.85. The Morgan fingerprint density at radius 3 is 2.37 bits per heavy atom. The largest absolute Gasteiger partial charge is 0.419 e. The van der Waals surface area contributed by atoms with Crippen LogP contribution in [-0.2, 0) is 16.3 Å². The molecule has 0 spiro atoms. The second-order valence-corrected chi connectivity index (χ2v) is 5.89. The zero-order valence-electron chi connectivity index (χ0n) is 10.2. The molecule has 0 aliphatic carbocycles. The van der Waals surface area contributed by atoms with E-state index < -0.39 is 38.7 Å². The highest BCUT2D eigenvalue weighted by atomic mass is 32.2. The SMILES string of the molecule is CCC(C)S(=O)(=O)Oc1ccc(F)c(C(F)(F)F)c1. The van der Waals surface area contributed by atoms with Gasteiger partial charge in [0.1, 0.15) is 11.6 Å². The van der Waals surface area contributed by atoms with E-state index in [1.54, 1.807) is 6.92 Å². The summed E-state index contributed by atoms with van der Waals surface area (Å²) in [6.07, 6.45) is -4.67. The molecule has 0 fully saturated rings. The highest BCUT2D eigenvalue weighted by Crippen LogP contribution is 2.34. The van der Waals surface area contributed by atoms with Crippen LogP contribution >= 0.6 is 0 Å². The maximum absolute atomic E-state index is 13.0. The van der Waals surface area contributed by atoms with Gasteiger partial charge in [-0.3, -0.25) is 0 Å². The third-order valence-electron chi connectivity index (χ3n) is 2.52. The zero-order chi connectivity index (χ0) is 14.8. The standard InChI is InChI=1S/C11H12F4O3S/c1-3-7(2)19(16,17)18-8-4-5-10(12)9(6-8)11(13,14)15/h4-7H,3H2,1-2H3. The van der Waals surface area contributed by atoms with Crippen LogP contribution in [-0.4, -0.2) is 13.7 Å². The monoisotopic (exact) mass is 300 g/mol. The molecular weight excluding hydrogens is 288 g/mol. The van der Waals surface area contributed by atoms with Crippen LogP contribution in [0.3, 0.4) is 0 Å². The zero-order valence-corrected chi connectivity index (χ0v) is 11.0. The molecule has 0 N–H and O–H groups in total. The van der Waals surface area contributed by atoms with Gasteiger partial charge in [0.2, 0.25) is 0 Å². The van der Waals surface area contributed by atoms with Gasteiger partial charge in [-0.15, -0.1) is 0 Å². The Kier molecular flexibility index (Phi) is 4.44. The predicted molar refractivity (Wildman–Crippen MR) is 60.7 cm³/mol. The topological polar surface area (TPSA) is 43.4 Å². The quantitative estimate of drug-likeness (QED) is 0.632. The number of hydrogen-bond acceptors (Lipinski definition) is 3. The Balaban J connectivity index is 3.12. The summed E-state index contributed by atoms with van der Waals surface area (Å²) in [6, 6.07) is 1.68. The molecule has 0 saturated carbocycles. The predicted octanol–water partition coefficient (Wildman–Crippen LogP) is 3.35. The van der Waals surface area contributed by atoms with E-state index in [0.29, 0.717) is 12.1 Å². The molecule has 0 aliphatic rings. The summed E-state index contributed by atoms with van der Waals surface area (Å²) in [5, 5.41) is -0.869. The summed E-state index contributed by atoms with van der Waals surface area (Å²) in [7, 11) is -4.03. The molecule has 1 aromatic carbocycles. The summed E-state index contributed by atoms with van der Waals surface area (Å²) >= 11 is 0.